The number of ether oxygens (including phenoxy) is 1. The van der Waals surface area contributed by atoms with Crippen LogP contribution in [0.3, 0.4) is 0 Å². The first-order valence-corrected chi connectivity index (χ1v) is 6.85. The second kappa shape index (κ2) is 5.54. The number of nitrogens with zero attached hydrogens (tertiary/aromatic N) is 1. The first kappa shape index (κ1) is 13.6. The van der Waals surface area contributed by atoms with Crippen molar-refractivity contribution in [2.75, 3.05) is 0 Å². The van der Waals surface area contributed by atoms with Crippen molar-refractivity contribution >= 4 is 29.5 Å². The Kier molecular flexibility index (Phi) is 3.59. The Morgan fingerprint density at radius 2 is 1.71 bits per heavy atom. The Labute approximate surface area is 127 Å². The number of hydrogen-bond donors (Lipinski definition) is 0. The fourth-order valence-electron chi connectivity index (χ4n) is 1.95. The second-order valence-electron chi connectivity index (χ2n) is 4.75. The van der Waals surface area contributed by atoms with Gasteiger partial charge in [-0.1, -0.05) is 41.4 Å². The minimum Gasteiger partial charge on any atom is -0.402 e. The summed E-state index contributed by atoms with van der Waals surface area (Å²) < 4.78 is 5.20. The van der Waals surface area contributed by atoms with Crippen LogP contribution in [0.4, 0.5) is 0 Å². The molecule has 0 aliphatic carbocycles. The fourth-order valence-corrected chi connectivity index (χ4v) is 2.07. The predicted molar refractivity (Wildman–Crippen MR) is 83.2 cm³/mol. The van der Waals surface area contributed by atoms with E-state index in [9.17, 15) is 4.79 Å². The molecule has 0 aromatic heterocycles. The first-order chi connectivity index (χ1) is 10.1. The minimum atomic E-state index is -0.444. The van der Waals surface area contributed by atoms with Crippen molar-refractivity contribution in [3.8, 4) is 0 Å². The Morgan fingerprint density at radius 3 is 2.38 bits per heavy atom. The summed E-state index contributed by atoms with van der Waals surface area (Å²) in [5, 5.41) is 0.624. The van der Waals surface area contributed by atoms with Crippen LogP contribution in [0, 0.1) is 6.92 Å². The number of esters is 1. The van der Waals surface area contributed by atoms with Gasteiger partial charge in [0.05, 0.1) is 0 Å². The summed E-state index contributed by atoms with van der Waals surface area (Å²) in [5.41, 5.74) is 3.09. The average Bonchev–Trinajstić information content (AvgIpc) is 2.83. The van der Waals surface area contributed by atoms with E-state index in [1.165, 1.54) is 0 Å². The molecule has 3 nitrogen and oxygen atoms in total. The third kappa shape index (κ3) is 3.03. The van der Waals surface area contributed by atoms with Crippen LogP contribution >= 0.6 is 11.6 Å². The van der Waals surface area contributed by atoms with E-state index in [1.54, 1.807) is 30.3 Å². The molecule has 0 bridgehead atoms. The van der Waals surface area contributed by atoms with Gasteiger partial charge in [-0.3, -0.25) is 0 Å². The summed E-state index contributed by atoms with van der Waals surface area (Å²) >= 11 is 5.84. The van der Waals surface area contributed by atoms with Gasteiger partial charge in [0.25, 0.3) is 0 Å². The van der Waals surface area contributed by atoms with Gasteiger partial charge >= 0.3 is 5.97 Å². The molecule has 0 spiro atoms. The molecule has 2 aromatic carbocycles. The monoisotopic (exact) mass is 297 g/mol. The van der Waals surface area contributed by atoms with Crippen molar-refractivity contribution in [1.82, 2.24) is 0 Å². The van der Waals surface area contributed by atoms with E-state index in [-0.39, 0.29) is 0 Å². The molecule has 0 fully saturated rings. The van der Waals surface area contributed by atoms with Crippen molar-refractivity contribution in [3.05, 3.63) is 75.9 Å². The molecule has 1 aliphatic heterocycles. The molecule has 0 saturated carbocycles. The van der Waals surface area contributed by atoms with Crippen LogP contribution in [-0.4, -0.2) is 11.9 Å². The van der Waals surface area contributed by atoms with Gasteiger partial charge in [-0.05, 0) is 42.8 Å². The van der Waals surface area contributed by atoms with Crippen molar-refractivity contribution in [2.45, 2.75) is 6.92 Å². The van der Waals surface area contributed by atoms with Crippen LogP contribution in [0.2, 0.25) is 5.02 Å². The molecular formula is C17H12ClNO2. The molecule has 0 radical (unpaired) electrons. The average molecular weight is 298 g/mol. The highest BCUT2D eigenvalue weighted by atomic mass is 35.5. The number of benzene rings is 2. The van der Waals surface area contributed by atoms with E-state index >= 15 is 0 Å². The molecule has 1 heterocycles. The van der Waals surface area contributed by atoms with Gasteiger partial charge in [0.1, 0.15) is 0 Å². The molecular weight excluding hydrogens is 286 g/mol. The lowest BCUT2D eigenvalue weighted by Gasteiger charge is -1.98. The SMILES string of the molecule is Cc1ccc(/C=C2\N=C(c3ccc(Cl)cc3)OC2=O)cc1. The lowest BCUT2D eigenvalue weighted by molar-refractivity contribution is -0.129. The van der Waals surface area contributed by atoms with Gasteiger partial charge in [-0.25, -0.2) is 9.79 Å². The van der Waals surface area contributed by atoms with Crippen LogP contribution in [-0.2, 0) is 9.53 Å². The Balaban J connectivity index is 1.91. The summed E-state index contributed by atoms with van der Waals surface area (Å²) in [7, 11) is 0. The Morgan fingerprint density at radius 1 is 1.05 bits per heavy atom. The third-order valence-electron chi connectivity index (χ3n) is 3.09. The summed E-state index contributed by atoms with van der Waals surface area (Å²) in [6.07, 6.45) is 1.71. The topological polar surface area (TPSA) is 38.7 Å². The van der Waals surface area contributed by atoms with Crippen molar-refractivity contribution in [3.63, 3.8) is 0 Å². The van der Waals surface area contributed by atoms with E-state index in [2.05, 4.69) is 4.99 Å². The van der Waals surface area contributed by atoms with E-state index in [1.807, 2.05) is 31.2 Å². The standard InChI is InChI=1S/C17H12ClNO2/c1-11-2-4-12(5-3-11)10-15-17(20)21-16(19-15)13-6-8-14(18)9-7-13/h2-10H,1H3/b15-10-. The highest BCUT2D eigenvalue weighted by molar-refractivity contribution is 6.30. The summed E-state index contributed by atoms with van der Waals surface area (Å²) in [4.78, 5) is 16.1. The van der Waals surface area contributed by atoms with E-state index in [0.717, 1.165) is 16.7 Å². The largest absolute Gasteiger partial charge is 0.402 e. The molecule has 3 rings (SSSR count). The maximum absolute atomic E-state index is 11.9. The number of cyclic esters (lactones) is 1. The van der Waals surface area contributed by atoms with Crippen LogP contribution in [0.15, 0.2) is 59.2 Å². The second-order valence-corrected chi connectivity index (χ2v) is 5.19. The smallest absolute Gasteiger partial charge is 0.363 e. The molecule has 104 valence electrons. The lowest BCUT2D eigenvalue weighted by atomic mass is 10.1. The molecule has 1 aliphatic rings. The highest BCUT2D eigenvalue weighted by Crippen LogP contribution is 2.20. The van der Waals surface area contributed by atoms with Gasteiger partial charge < -0.3 is 4.74 Å². The predicted octanol–water partition coefficient (Wildman–Crippen LogP) is 3.99. The molecule has 0 unspecified atom stereocenters. The van der Waals surface area contributed by atoms with Crippen molar-refractivity contribution in [2.24, 2.45) is 4.99 Å². The zero-order valence-corrected chi connectivity index (χ0v) is 12.1. The summed E-state index contributed by atoms with van der Waals surface area (Å²) in [5.74, 6) is -0.143. The molecule has 0 amide bonds. The zero-order chi connectivity index (χ0) is 14.8. The number of carbonyl (C=O) groups excluding carboxylic acids is 1. The summed E-state index contributed by atoms with van der Waals surface area (Å²) in [6, 6.07) is 14.8. The molecule has 21 heavy (non-hydrogen) atoms. The van der Waals surface area contributed by atoms with E-state index in [0.29, 0.717) is 16.6 Å². The van der Waals surface area contributed by atoms with Crippen LogP contribution in [0.5, 0.6) is 0 Å². The quantitative estimate of drug-likeness (QED) is 0.621. The van der Waals surface area contributed by atoms with Gasteiger partial charge in [-0.15, -0.1) is 0 Å². The zero-order valence-electron chi connectivity index (χ0n) is 11.3. The Hall–Kier alpha value is -2.39. The number of aliphatic imine (C=N–C) groups is 1. The van der Waals surface area contributed by atoms with Crippen LogP contribution in [0.25, 0.3) is 6.08 Å². The normalized spacial score (nSPS) is 16.0. The van der Waals surface area contributed by atoms with E-state index in [4.69, 9.17) is 16.3 Å². The van der Waals surface area contributed by atoms with Gasteiger partial charge in [0.2, 0.25) is 5.90 Å². The number of carbonyl (C=O) groups is 1. The number of hydrogen-bond acceptors (Lipinski definition) is 3. The number of rotatable bonds is 2. The van der Waals surface area contributed by atoms with Crippen molar-refractivity contribution in [1.29, 1.82) is 0 Å². The molecule has 2 aromatic rings. The minimum absolute atomic E-state index is 0.295. The maximum Gasteiger partial charge on any atom is 0.363 e. The summed E-state index contributed by atoms with van der Waals surface area (Å²) in [6.45, 7) is 2.01. The maximum atomic E-state index is 11.9. The van der Waals surface area contributed by atoms with Crippen molar-refractivity contribution < 1.29 is 9.53 Å². The van der Waals surface area contributed by atoms with Crippen LogP contribution < -0.4 is 0 Å². The van der Waals surface area contributed by atoms with Gasteiger partial charge in [0, 0.05) is 10.6 Å². The molecule has 0 saturated heterocycles. The highest BCUT2D eigenvalue weighted by Gasteiger charge is 2.23. The number of aryl methyl sites for hydroxylation is 1. The third-order valence-corrected chi connectivity index (χ3v) is 3.34. The molecule has 0 N–H and O–H groups in total. The van der Waals surface area contributed by atoms with Gasteiger partial charge in [-0.2, -0.15) is 0 Å². The molecule has 0 atom stereocenters. The number of halogens is 1. The van der Waals surface area contributed by atoms with E-state index < -0.39 is 5.97 Å². The fraction of sp³-hybridized carbons (Fsp3) is 0.0588. The molecule has 4 heteroatoms. The first-order valence-electron chi connectivity index (χ1n) is 6.47. The van der Waals surface area contributed by atoms with Crippen LogP contribution in [0.1, 0.15) is 16.7 Å². The van der Waals surface area contributed by atoms with Gasteiger partial charge in [0.15, 0.2) is 5.70 Å². The lowest BCUT2D eigenvalue weighted by Crippen LogP contribution is -2.05. The Bertz CT molecular complexity index is 743.